The fraction of sp³-hybridized carbons (Fsp3) is 0.500. The molecule has 2 aromatic heterocycles. The maximum Gasteiger partial charge on any atom is 0.418 e. The van der Waals surface area contributed by atoms with E-state index in [0.717, 1.165) is 12.1 Å². The Hall–Kier alpha value is -3.19. The molecule has 0 N–H and O–H groups in total. The molecule has 1 aromatic carbocycles. The van der Waals surface area contributed by atoms with E-state index in [1.165, 1.54) is 74.4 Å². The van der Waals surface area contributed by atoms with E-state index < -0.39 is 11.6 Å². The van der Waals surface area contributed by atoms with Crippen LogP contribution in [0.3, 0.4) is 0 Å². The zero-order valence-corrected chi connectivity index (χ0v) is 22.8. The highest BCUT2D eigenvalue weighted by Crippen LogP contribution is 2.45. The van der Waals surface area contributed by atoms with Gasteiger partial charge in [-0.3, -0.25) is 9.47 Å². The maximum atomic E-state index is 12.8. The van der Waals surface area contributed by atoms with Gasteiger partial charge in [0, 0.05) is 24.3 Å². The monoisotopic (exact) mass is 505 g/mol. The van der Waals surface area contributed by atoms with Crippen molar-refractivity contribution in [3.05, 3.63) is 65.1 Å². The van der Waals surface area contributed by atoms with Gasteiger partial charge in [-0.15, -0.1) is 0 Å². The number of nitrogens with zero attached hydrogens (tertiary/aromatic N) is 3. The number of carbonyl (C=O) groups excluding carboxylic acids is 2. The van der Waals surface area contributed by atoms with Crippen molar-refractivity contribution in [2.24, 2.45) is 0 Å². The lowest BCUT2D eigenvalue weighted by atomic mass is 9.95. The standard InChI is InChI=1S/C23H32N2O2.C7H7NO2/c1-16-14-19(17-8-9-17)20(15-24-11-6-5-7-12-24)18-10-13-25(21(16)18)22(26)27-23(2,3)4;1-10-7(9)6-4-2-3-5-8-6/h10,13-14,17H,5-9,11-12,15H2,1-4H3;2-5H,1H3. The summed E-state index contributed by atoms with van der Waals surface area (Å²) in [4.78, 5) is 29.8. The van der Waals surface area contributed by atoms with E-state index in [2.05, 4.69) is 33.7 Å². The quantitative estimate of drug-likeness (QED) is 0.379. The van der Waals surface area contributed by atoms with Gasteiger partial charge in [-0.05, 0) is 107 Å². The number of rotatable bonds is 4. The molecular weight excluding hydrogens is 466 g/mol. The average molecular weight is 506 g/mol. The van der Waals surface area contributed by atoms with Gasteiger partial charge in [0.05, 0.1) is 12.6 Å². The molecule has 1 aliphatic heterocycles. The zero-order chi connectivity index (χ0) is 26.6. The van der Waals surface area contributed by atoms with Crippen LogP contribution in [0.2, 0.25) is 0 Å². The van der Waals surface area contributed by atoms with E-state index >= 15 is 0 Å². The molecule has 3 heterocycles. The summed E-state index contributed by atoms with van der Waals surface area (Å²) in [5, 5.41) is 1.23. The number of hydrogen-bond donors (Lipinski definition) is 0. The van der Waals surface area contributed by atoms with Crippen LogP contribution in [0.15, 0.2) is 42.7 Å². The second kappa shape index (κ2) is 11.5. The Balaban J connectivity index is 0.000000270. The molecule has 1 saturated heterocycles. The van der Waals surface area contributed by atoms with E-state index in [1.807, 2.05) is 27.0 Å². The molecule has 37 heavy (non-hydrogen) atoms. The number of esters is 1. The number of pyridine rings is 1. The van der Waals surface area contributed by atoms with Crippen molar-refractivity contribution in [3.8, 4) is 0 Å². The SMILES string of the molecule is COC(=O)c1ccccn1.Cc1cc(C2CC2)c(CN2CCCCC2)c2ccn(C(=O)OC(C)(C)C)c12. The number of hydrogen-bond acceptors (Lipinski definition) is 6. The van der Waals surface area contributed by atoms with E-state index in [9.17, 15) is 9.59 Å². The number of benzene rings is 1. The highest BCUT2D eigenvalue weighted by molar-refractivity contribution is 5.94. The van der Waals surface area contributed by atoms with Crippen molar-refractivity contribution in [2.45, 2.75) is 77.9 Å². The lowest BCUT2D eigenvalue weighted by Crippen LogP contribution is -2.29. The van der Waals surface area contributed by atoms with E-state index in [1.54, 1.807) is 29.0 Å². The predicted molar refractivity (Wildman–Crippen MR) is 145 cm³/mol. The van der Waals surface area contributed by atoms with Gasteiger partial charge >= 0.3 is 12.1 Å². The summed E-state index contributed by atoms with van der Waals surface area (Å²) >= 11 is 0. The Bertz CT molecular complexity index is 1230. The minimum atomic E-state index is -0.494. The van der Waals surface area contributed by atoms with Gasteiger partial charge < -0.3 is 9.47 Å². The first kappa shape index (κ1) is 26.9. The van der Waals surface area contributed by atoms with E-state index in [4.69, 9.17) is 4.74 Å². The molecule has 7 nitrogen and oxygen atoms in total. The van der Waals surface area contributed by atoms with Gasteiger partial charge in [0.2, 0.25) is 0 Å². The van der Waals surface area contributed by atoms with E-state index in [-0.39, 0.29) is 6.09 Å². The van der Waals surface area contributed by atoms with Crippen molar-refractivity contribution in [2.75, 3.05) is 20.2 Å². The van der Waals surface area contributed by atoms with Crippen LogP contribution in [-0.2, 0) is 16.0 Å². The Labute approximate surface area is 219 Å². The molecule has 0 atom stereocenters. The molecule has 5 rings (SSSR count). The molecule has 2 fully saturated rings. The molecule has 2 aliphatic rings. The molecule has 1 aliphatic carbocycles. The maximum absolute atomic E-state index is 12.8. The van der Waals surface area contributed by atoms with Crippen LogP contribution in [0, 0.1) is 6.92 Å². The molecular formula is C30H39N3O4. The fourth-order valence-electron chi connectivity index (χ4n) is 4.95. The van der Waals surface area contributed by atoms with Crippen LogP contribution in [0.25, 0.3) is 10.9 Å². The van der Waals surface area contributed by atoms with Gasteiger partial charge in [0.25, 0.3) is 0 Å². The van der Waals surface area contributed by atoms with Gasteiger partial charge in [-0.2, -0.15) is 0 Å². The van der Waals surface area contributed by atoms with Crippen molar-refractivity contribution in [1.82, 2.24) is 14.5 Å². The van der Waals surface area contributed by atoms with Gasteiger partial charge in [0.15, 0.2) is 0 Å². The molecule has 0 radical (unpaired) electrons. The minimum Gasteiger partial charge on any atom is -0.464 e. The lowest BCUT2D eigenvalue weighted by molar-refractivity contribution is 0.0542. The second-order valence-electron chi connectivity index (χ2n) is 11.0. The number of aryl methyl sites for hydroxylation is 1. The number of piperidine rings is 1. The highest BCUT2D eigenvalue weighted by Gasteiger charge is 2.30. The summed E-state index contributed by atoms with van der Waals surface area (Å²) in [5.74, 6) is 0.304. The molecule has 7 heteroatoms. The molecule has 3 aromatic rings. The van der Waals surface area contributed by atoms with Crippen LogP contribution >= 0.6 is 0 Å². The number of ether oxygens (including phenoxy) is 2. The molecule has 0 spiro atoms. The Morgan fingerprint density at radius 3 is 2.41 bits per heavy atom. The Kier molecular flexibility index (Phi) is 8.32. The van der Waals surface area contributed by atoms with Gasteiger partial charge in [0.1, 0.15) is 11.3 Å². The van der Waals surface area contributed by atoms with Crippen LogP contribution in [0.1, 0.15) is 86.0 Å². The summed E-state index contributed by atoms with van der Waals surface area (Å²) in [7, 11) is 1.33. The van der Waals surface area contributed by atoms with E-state index in [0.29, 0.717) is 11.6 Å². The Morgan fingerprint density at radius 2 is 1.81 bits per heavy atom. The van der Waals surface area contributed by atoms with Crippen LogP contribution in [0.5, 0.6) is 0 Å². The van der Waals surface area contributed by atoms with Crippen molar-refractivity contribution >= 4 is 23.0 Å². The molecule has 0 bridgehead atoms. The normalized spacial score (nSPS) is 16.1. The van der Waals surface area contributed by atoms with Crippen LogP contribution in [-0.4, -0.2) is 52.3 Å². The lowest BCUT2D eigenvalue weighted by Gasteiger charge is -2.28. The van der Waals surface area contributed by atoms with Crippen LogP contribution in [0.4, 0.5) is 4.79 Å². The number of likely N-dealkylation sites (tertiary alicyclic amines) is 1. The summed E-state index contributed by atoms with van der Waals surface area (Å²) in [5.41, 5.74) is 4.97. The molecule has 0 unspecified atom stereocenters. The van der Waals surface area contributed by atoms with Crippen molar-refractivity contribution in [1.29, 1.82) is 0 Å². The largest absolute Gasteiger partial charge is 0.464 e. The molecule has 198 valence electrons. The van der Waals surface area contributed by atoms with Gasteiger partial charge in [-0.25, -0.2) is 14.6 Å². The molecule has 1 saturated carbocycles. The first-order valence-corrected chi connectivity index (χ1v) is 13.3. The summed E-state index contributed by atoms with van der Waals surface area (Å²) in [6, 6.07) is 9.54. The number of methoxy groups -OCH3 is 1. The van der Waals surface area contributed by atoms with Crippen LogP contribution < -0.4 is 0 Å². The van der Waals surface area contributed by atoms with Crippen molar-refractivity contribution in [3.63, 3.8) is 0 Å². The highest BCUT2D eigenvalue weighted by atomic mass is 16.6. The first-order chi connectivity index (χ1) is 17.7. The summed E-state index contributed by atoms with van der Waals surface area (Å²) in [6.45, 7) is 11.2. The fourth-order valence-corrected chi connectivity index (χ4v) is 4.95. The smallest absolute Gasteiger partial charge is 0.418 e. The number of fused-ring (bicyclic) bond motifs is 1. The number of carbonyl (C=O) groups is 2. The predicted octanol–water partition coefficient (Wildman–Crippen LogP) is 6.46. The van der Waals surface area contributed by atoms with Gasteiger partial charge in [-0.1, -0.05) is 18.6 Å². The summed E-state index contributed by atoms with van der Waals surface area (Å²) in [6.07, 6.45) is 9.69. The first-order valence-electron chi connectivity index (χ1n) is 13.3. The zero-order valence-electron chi connectivity index (χ0n) is 22.8. The average Bonchev–Trinajstić information content (AvgIpc) is 3.62. The van der Waals surface area contributed by atoms with Crippen molar-refractivity contribution < 1.29 is 19.1 Å². The third kappa shape index (κ3) is 6.77. The minimum absolute atomic E-state index is 0.288. The third-order valence-corrected chi connectivity index (χ3v) is 6.80. The third-order valence-electron chi connectivity index (χ3n) is 6.80. The molecule has 0 amide bonds. The number of aromatic nitrogens is 2. The Morgan fingerprint density at radius 1 is 1.08 bits per heavy atom. The summed E-state index contributed by atoms with van der Waals surface area (Å²) < 4.78 is 11.8. The topological polar surface area (TPSA) is 73.7 Å². The second-order valence-corrected chi connectivity index (χ2v) is 11.0.